The Labute approximate surface area is 247 Å². The molecule has 6 aromatic rings. The second kappa shape index (κ2) is 11.6. The predicted molar refractivity (Wildman–Crippen MR) is 166 cm³/mol. The summed E-state index contributed by atoms with van der Waals surface area (Å²) in [6.45, 7) is 0. The monoisotopic (exact) mass is 568 g/mol. The molecule has 0 bridgehead atoms. The Bertz CT molecular complexity index is 1980. The van der Waals surface area contributed by atoms with E-state index in [0.29, 0.717) is 12.1 Å². The van der Waals surface area contributed by atoms with Crippen molar-refractivity contribution < 1.29 is 14.7 Å². The summed E-state index contributed by atoms with van der Waals surface area (Å²) in [5.41, 5.74) is 19.8. The number of nitrogens with zero attached hydrogens (tertiary/aromatic N) is 4. The van der Waals surface area contributed by atoms with Gasteiger partial charge in [0, 0.05) is 23.0 Å². The first kappa shape index (κ1) is 27.3. The van der Waals surface area contributed by atoms with Crippen LogP contribution >= 0.6 is 0 Å². The highest BCUT2D eigenvalue weighted by Crippen LogP contribution is 2.33. The Balaban J connectivity index is 0.000000232. The number of hydrogen-bond donors (Lipinski definition) is 3. The first-order chi connectivity index (χ1) is 20.9. The smallest absolute Gasteiger partial charge is 0.248 e. The number of amides is 1. The molecule has 0 saturated carbocycles. The Morgan fingerprint density at radius 2 is 1.70 bits per heavy atom. The number of primary amides is 1. The molecule has 0 saturated heterocycles. The van der Waals surface area contributed by atoms with Crippen molar-refractivity contribution in [3.63, 3.8) is 0 Å². The summed E-state index contributed by atoms with van der Waals surface area (Å²) in [6.07, 6.45) is 5.64. The van der Waals surface area contributed by atoms with Gasteiger partial charge < -0.3 is 16.6 Å². The maximum absolute atomic E-state index is 10.6. The molecule has 9 heteroatoms. The first-order valence-electron chi connectivity index (χ1n) is 13.8. The zero-order valence-electron chi connectivity index (χ0n) is 23.1. The number of imidazole rings is 1. The van der Waals surface area contributed by atoms with Crippen molar-refractivity contribution in [2.45, 2.75) is 19.3 Å². The van der Waals surface area contributed by atoms with Crippen LogP contribution in [-0.4, -0.2) is 36.8 Å². The van der Waals surface area contributed by atoms with Gasteiger partial charge in [0.05, 0.1) is 16.8 Å². The van der Waals surface area contributed by atoms with Crippen molar-refractivity contribution >= 4 is 29.2 Å². The molecule has 0 unspecified atom stereocenters. The predicted octanol–water partition coefficient (Wildman–Crippen LogP) is 5.52. The second-order valence-corrected chi connectivity index (χ2v) is 10.2. The van der Waals surface area contributed by atoms with Gasteiger partial charge in [-0.2, -0.15) is 0 Å². The van der Waals surface area contributed by atoms with Gasteiger partial charge in [-0.05, 0) is 85.0 Å². The second-order valence-electron chi connectivity index (χ2n) is 10.2. The number of aromatic hydroxyl groups is 1. The molecule has 3 aromatic carbocycles. The normalized spacial score (nSPS) is 11.9. The molecule has 0 fully saturated rings. The molecular weight excluding hydrogens is 540 g/mol. The molecule has 3 aromatic heterocycles. The van der Waals surface area contributed by atoms with Gasteiger partial charge in [0.1, 0.15) is 17.1 Å². The molecule has 0 atom stereocenters. The van der Waals surface area contributed by atoms with Crippen molar-refractivity contribution in [3.8, 4) is 34.1 Å². The third kappa shape index (κ3) is 5.43. The Hall–Kier alpha value is -5.83. The van der Waals surface area contributed by atoms with E-state index >= 15 is 0 Å². The van der Waals surface area contributed by atoms with Crippen molar-refractivity contribution in [1.82, 2.24) is 19.5 Å². The molecule has 43 heavy (non-hydrogen) atoms. The zero-order chi connectivity index (χ0) is 29.9. The van der Waals surface area contributed by atoms with Gasteiger partial charge in [-0.3, -0.25) is 14.2 Å². The van der Waals surface area contributed by atoms with Crippen LogP contribution in [0.2, 0.25) is 0 Å². The standard InChI is InChI=1S/C26H21N5.C8H7NO3/c27-24-21(10-5-15-28-24)25-30-23-14-13-22(18-6-2-1-3-7-18)29-26(23)31(25)20-12-11-17-8-4-9-19(17)16-20;9-8(12)5-1-2-7(11)6(3-5)4-10/h1-3,5-7,10-16H,4,8-9H2,(H2,27,28);1-4,11H,(H2,9,12). The largest absolute Gasteiger partial charge is 0.507 e. The van der Waals surface area contributed by atoms with E-state index in [4.69, 9.17) is 26.5 Å². The van der Waals surface area contributed by atoms with E-state index in [2.05, 4.69) is 39.9 Å². The van der Waals surface area contributed by atoms with Gasteiger partial charge in [-0.25, -0.2) is 15.0 Å². The fourth-order valence-corrected chi connectivity index (χ4v) is 5.26. The topological polar surface area (TPSA) is 150 Å². The lowest BCUT2D eigenvalue weighted by Gasteiger charge is -2.12. The fourth-order valence-electron chi connectivity index (χ4n) is 5.26. The number of nitrogens with two attached hydrogens (primary N) is 2. The SMILES string of the molecule is NC(=O)c1ccc(O)c(C=O)c1.Nc1ncccc1-c1nc2ccc(-c3ccccc3)nc2n1-c1ccc2c(c1)CCC2. The molecule has 0 aliphatic heterocycles. The number of phenols is 1. The van der Waals surface area contributed by atoms with Crippen LogP contribution in [0.3, 0.4) is 0 Å². The van der Waals surface area contributed by atoms with Crippen LogP contribution in [0.25, 0.3) is 39.5 Å². The third-order valence-corrected chi connectivity index (χ3v) is 7.43. The number of hydrogen-bond acceptors (Lipinski definition) is 7. The van der Waals surface area contributed by atoms with Crippen molar-refractivity contribution in [3.05, 3.63) is 119 Å². The molecule has 212 valence electrons. The first-order valence-corrected chi connectivity index (χ1v) is 13.8. The maximum Gasteiger partial charge on any atom is 0.248 e. The molecule has 9 nitrogen and oxygen atoms in total. The molecule has 7 rings (SSSR count). The molecule has 1 amide bonds. The third-order valence-electron chi connectivity index (χ3n) is 7.43. The summed E-state index contributed by atoms with van der Waals surface area (Å²) in [4.78, 5) is 35.1. The van der Waals surface area contributed by atoms with E-state index in [0.717, 1.165) is 52.3 Å². The van der Waals surface area contributed by atoms with Gasteiger partial charge >= 0.3 is 0 Å². The number of aldehydes is 1. The molecule has 1 aliphatic carbocycles. The number of rotatable bonds is 5. The minimum Gasteiger partial charge on any atom is -0.507 e. The summed E-state index contributed by atoms with van der Waals surface area (Å²) in [6, 6.07) is 28.6. The lowest BCUT2D eigenvalue weighted by Crippen LogP contribution is -2.10. The van der Waals surface area contributed by atoms with E-state index in [9.17, 15) is 9.59 Å². The number of carbonyl (C=O) groups excluding carboxylic acids is 2. The number of aromatic nitrogens is 4. The quantitative estimate of drug-likeness (QED) is 0.232. The molecule has 0 spiro atoms. The zero-order valence-corrected chi connectivity index (χ0v) is 23.1. The highest BCUT2D eigenvalue weighted by molar-refractivity contribution is 5.95. The van der Waals surface area contributed by atoms with E-state index in [1.807, 2.05) is 42.5 Å². The number of benzene rings is 3. The minimum absolute atomic E-state index is 0.0614. The van der Waals surface area contributed by atoms with Crippen molar-refractivity contribution in [1.29, 1.82) is 0 Å². The highest BCUT2D eigenvalue weighted by atomic mass is 16.3. The molecular formula is C34H28N6O3. The average molecular weight is 569 g/mol. The van der Waals surface area contributed by atoms with Gasteiger partial charge in [0.25, 0.3) is 0 Å². The summed E-state index contributed by atoms with van der Waals surface area (Å²) in [7, 11) is 0. The van der Waals surface area contributed by atoms with Gasteiger partial charge in [0.15, 0.2) is 17.8 Å². The minimum atomic E-state index is -0.627. The van der Waals surface area contributed by atoms with Crippen LogP contribution in [0.1, 0.15) is 38.3 Å². The molecule has 1 aliphatic rings. The van der Waals surface area contributed by atoms with E-state index in [1.165, 1.54) is 35.7 Å². The van der Waals surface area contributed by atoms with E-state index < -0.39 is 5.91 Å². The van der Waals surface area contributed by atoms with Gasteiger partial charge in [0.2, 0.25) is 5.91 Å². The molecule has 5 N–H and O–H groups in total. The summed E-state index contributed by atoms with van der Waals surface area (Å²) in [5.74, 6) is 0.438. The van der Waals surface area contributed by atoms with Crippen LogP contribution in [0.5, 0.6) is 5.75 Å². The number of aryl methyl sites for hydroxylation is 2. The van der Waals surface area contributed by atoms with E-state index in [-0.39, 0.29) is 16.9 Å². The summed E-state index contributed by atoms with van der Waals surface area (Å²) in [5, 5.41) is 9.03. The Morgan fingerprint density at radius 3 is 2.47 bits per heavy atom. The van der Waals surface area contributed by atoms with Crippen LogP contribution in [0, 0.1) is 0 Å². The average Bonchev–Trinajstić information content (AvgIpc) is 3.66. The Kier molecular flexibility index (Phi) is 7.36. The fraction of sp³-hybridized carbons (Fsp3) is 0.0882. The number of carbonyl (C=O) groups is 2. The van der Waals surface area contributed by atoms with Crippen LogP contribution < -0.4 is 11.5 Å². The summed E-state index contributed by atoms with van der Waals surface area (Å²) >= 11 is 0. The number of nitrogen functional groups attached to an aromatic ring is 1. The lowest BCUT2D eigenvalue weighted by atomic mass is 10.1. The van der Waals surface area contributed by atoms with Gasteiger partial charge in [-0.15, -0.1) is 0 Å². The van der Waals surface area contributed by atoms with Crippen LogP contribution in [0.15, 0.2) is 97.2 Å². The van der Waals surface area contributed by atoms with Crippen LogP contribution in [0.4, 0.5) is 5.82 Å². The Morgan fingerprint density at radius 1 is 0.884 bits per heavy atom. The number of anilines is 1. The number of pyridine rings is 2. The van der Waals surface area contributed by atoms with Crippen molar-refractivity contribution in [2.24, 2.45) is 5.73 Å². The number of fused-ring (bicyclic) bond motifs is 2. The van der Waals surface area contributed by atoms with Crippen LogP contribution in [-0.2, 0) is 12.8 Å². The number of phenolic OH excluding ortho intramolecular Hbond substituents is 1. The van der Waals surface area contributed by atoms with E-state index in [1.54, 1.807) is 6.20 Å². The summed E-state index contributed by atoms with van der Waals surface area (Å²) < 4.78 is 2.12. The highest BCUT2D eigenvalue weighted by Gasteiger charge is 2.20. The van der Waals surface area contributed by atoms with Crippen molar-refractivity contribution in [2.75, 3.05) is 5.73 Å². The molecule has 0 radical (unpaired) electrons. The molecule has 3 heterocycles. The van der Waals surface area contributed by atoms with Gasteiger partial charge in [-0.1, -0.05) is 36.4 Å². The lowest BCUT2D eigenvalue weighted by molar-refractivity contribution is 0.1000. The maximum atomic E-state index is 10.6.